The van der Waals surface area contributed by atoms with Gasteiger partial charge in [-0.15, -0.1) is 0 Å². The lowest BCUT2D eigenvalue weighted by molar-refractivity contribution is 0.262. The molecule has 31 heavy (non-hydrogen) atoms. The first-order valence-electron chi connectivity index (χ1n) is 10.1. The second-order valence-corrected chi connectivity index (χ2v) is 7.87. The lowest BCUT2D eigenvalue weighted by Crippen LogP contribution is -2.19. The molecule has 1 atom stereocenters. The van der Waals surface area contributed by atoms with Gasteiger partial charge in [0.2, 0.25) is 0 Å². The number of urea groups is 1. The maximum Gasteiger partial charge on any atom is 0.323 e. The molecule has 0 spiro atoms. The van der Waals surface area contributed by atoms with Crippen LogP contribution in [-0.4, -0.2) is 16.0 Å². The molecule has 0 radical (unpaired) electrons. The third-order valence-corrected chi connectivity index (χ3v) is 5.61. The number of rotatable bonds is 4. The van der Waals surface area contributed by atoms with Gasteiger partial charge < -0.3 is 16.0 Å². The molecule has 0 saturated carbocycles. The van der Waals surface area contributed by atoms with Crippen LogP contribution in [0.1, 0.15) is 23.6 Å². The molecule has 2 aromatic carbocycles. The van der Waals surface area contributed by atoms with Gasteiger partial charge in [0.25, 0.3) is 0 Å². The van der Waals surface area contributed by atoms with E-state index in [1.807, 2.05) is 30.3 Å². The van der Waals surface area contributed by atoms with E-state index in [0.29, 0.717) is 16.5 Å². The number of aromatic nitrogens is 2. The summed E-state index contributed by atoms with van der Waals surface area (Å²) in [5, 5.41) is 10.4. The van der Waals surface area contributed by atoms with E-state index in [4.69, 9.17) is 16.6 Å². The molecule has 1 aliphatic rings. The average molecular weight is 430 g/mol. The second-order valence-electron chi connectivity index (χ2n) is 7.49. The number of halogens is 1. The van der Waals surface area contributed by atoms with Crippen LogP contribution in [0.2, 0.25) is 5.15 Å². The Morgan fingerprint density at radius 2 is 1.81 bits per heavy atom. The summed E-state index contributed by atoms with van der Waals surface area (Å²) in [6.45, 7) is 0. The predicted molar refractivity (Wildman–Crippen MR) is 125 cm³/mol. The normalized spacial score (nSPS) is 14.8. The Kier molecular flexibility index (Phi) is 5.14. The number of carbonyl (C=O) groups is 1. The first-order chi connectivity index (χ1) is 15.1. The Morgan fingerprint density at radius 1 is 0.968 bits per heavy atom. The zero-order chi connectivity index (χ0) is 21.2. The first-order valence-corrected chi connectivity index (χ1v) is 10.5. The van der Waals surface area contributed by atoms with Crippen molar-refractivity contribution in [1.29, 1.82) is 0 Å². The van der Waals surface area contributed by atoms with Crippen LogP contribution in [0.3, 0.4) is 0 Å². The van der Waals surface area contributed by atoms with Gasteiger partial charge in [-0.3, -0.25) is 0 Å². The molecule has 6 nitrogen and oxygen atoms in total. The van der Waals surface area contributed by atoms with Gasteiger partial charge in [0.1, 0.15) is 11.0 Å². The van der Waals surface area contributed by atoms with Crippen molar-refractivity contribution < 1.29 is 4.79 Å². The summed E-state index contributed by atoms with van der Waals surface area (Å²) in [4.78, 5) is 20.9. The summed E-state index contributed by atoms with van der Waals surface area (Å²) >= 11 is 5.76. The molecule has 154 valence electrons. The molecule has 0 saturated heterocycles. The number of hydrogen-bond donors (Lipinski definition) is 3. The molecule has 2 heterocycles. The number of aryl methyl sites for hydroxylation is 1. The maximum atomic E-state index is 12.2. The minimum absolute atomic E-state index is 0.285. The van der Waals surface area contributed by atoms with Crippen molar-refractivity contribution in [1.82, 2.24) is 9.97 Å². The van der Waals surface area contributed by atoms with Crippen LogP contribution in [0.5, 0.6) is 0 Å². The van der Waals surface area contributed by atoms with Crippen LogP contribution in [0.15, 0.2) is 72.9 Å². The van der Waals surface area contributed by atoms with Gasteiger partial charge in [0.15, 0.2) is 0 Å². The van der Waals surface area contributed by atoms with Gasteiger partial charge in [-0.25, -0.2) is 14.8 Å². The molecule has 5 rings (SSSR count). The predicted octanol–water partition coefficient (Wildman–Crippen LogP) is 6.03. The highest BCUT2D eigenvalue weighted by Crippen LogP contribution is 2.33. The van der Waals surface area contributed by atoms with Crippen molar-refractivity contribution >= 4 is 45.7 Å². The summed E-state index contributed by atoms with van der Waals surface area (Å²) < 4.78 is 0. The number of benzene rings is 2. The van der Waals surface area contributed by atoms with Crippen LogP contribution in [0.25, 0.3) is 10.9 Å². The summed E-state index contributed by atoms with van der Waals surface area (Å²) in [5.74, 6) is 0.850. The number of amides is 2. The fourth-order valence-electron chi connectivity index (χ4n) is 3.91. The SMILES string of the molecule is O=C(Nc1ccc(Cl)nc1)Nc1ccc2nc(N[C@@H]3CCc4ccccc43)ccc2c1. The molecule has 0 unspecified atom stereocenters. The molecule has 0 aliphatic heterocycles. The number of fused-ring (bicyclic) bond motifs is 2. The first kappa shape index (κ1) is 19.3. The highest BCUT2D eigenvalue weighted by molar-refractivity contribution is 6.29. The molecule has 0 bridgehead atoms. The Hall–Kier alpha value is -3.64. The Balaban J connectivity index is 1.28. The molecule has 2 aromatic heterocycles. The van der Waals surface area contributed by atoms with E-state index in [0.717, 1.165) is 29.6 Å². The Bertz CT molecular complexity index is 1260. The second kappa shape index (κ2) is 8.24. The highest BCUT2D eigenvalue weighted by atomic mass is 35.5. The average Bonchev–Trinajstić information content (AvgIpc) is 3.18. The molecule has 3 N–H and O–H groups in total. The van der Waals surface area contributed by atoms with Crippen LogP contribution in [0, 0.1) is 0 Å². The smallest absolute Gasteiger partial charge is 0.323 e. The largest absolute Gasteiger partial charge is 0.363 e. The molecule has 4 aromatic rings. The summed E-state index contributed by atoms with van der Waals surface area (Å²) in [6.07, 6.45) is 3.66. The lowest BCUT2D eigenvalue weighted by atomic mass is 10.1. The minimum Gasteiger partial charge on any atom is -0.363 e. The molecular formula is C24H20ClN5O. The van der Waals surface area contributed by atoms with Crippen molar-refractivity contribution in [2.45, 2.75) is 18.9 Å². The summed E-state index contributed by atoms with van der Waals surface area (Å²) in [7, 11) is 0. The van der Waals surface area contributed by atoms with Crippen molar-refractivity contribution in [2.24, 2.45) is 0 Å². The minimum atomic E-state index is -0.352. The number of carbonyl (C=O) groups excluding carboxylic acids is 1. The molecule has 1 aliphatic carbocycles. The van der Waals surface area contributed by atoms with Gasteiger partial charge >= 0.3 is 6.03 Å². The van der Waals surface area contributed by atoms with E-state index in [-0.39, 0.29) is 12.1 Å². The lowest BCUT2D eigenvalue weighted by Gasteiger charge is -2.15. The van der Waals surface area contributed by atoms with Crippen LogP contribution in [0.4, 0.5) is 22.0 Å². The quantitative estimate of drug-likeness (QED) is 0.346. The fourth-order valence-corrected chi connectivity index (χ4v) is 4.02. The monoisotopic (exact) mass is 429 g/mol. The maximum absolute atomic E-state index is 12.2. The van der Waals surface area contributed by atoms with Crippen molar-refractivity contribution in [3.63, 3.8) is 0 Å². The molecule has 0 fully saturated rings. The molecule has 2 amide bonds. The van der Waals surface area contributed by atoms with Gasteiger partial charge in [-0.1, -0.05) is 35.9 Å². The van der Waals surface area contributed by atoms with E-state index in [9.17, 15) is 4.79 Å². The number of nitrogens with one attached hydrogen (secondary N) is 3. The Labute approximate surface area is 184 Å². The van der Waals surface area contributed by atoms with Crippen molar-refractivity contribution in [3.05, 3.63) is 89.2 Å². The standard InChI is InChI=1S/C24H20ClN5O/c25-22-11-8-18(14-26-22)28-24(31)27-17-7-10-20-16(13-17)6-12-23(29-20)30-21-9-5-15-3-1-2-4-19(15)21/h1-4,6-8,10-14,21H,5,9H2,(H,29,30)(H2,27,28,31)/t21-/m1/s1. The fraction of sp³-hybridized carbons (Fsp3) is 0.125. The Morgan fingerprint density at radius 3 is 2.68 bits per heavy atom. The third kappa shape index (κ3) is 4.29. The van der Waals surface area contributed by atoms with Crippen LogP contribution >= 0.6 is 11.6 Å². The zero-order valence-corrected chi connectivity index (χ0v) is 17.4. The van der Waals surface area contributed by atoms with E-state index < -0.39 is 0 Å². The summed E-state index contributed by atoms with van der Waals surface area (Å²) in [5.41, 5.74) is 4.87. The summed E-state index contributed by atoms with van der Waals surface area (Å²) in [6, 6.07) is 21.4. The molecule has 7 heteroatoms. The van der Waals surface area contributed by atoms with Crippen LogP contribution in [-0.2, 0) is 6.42 Å². The van der Waals surface area contributed by atoms with Gasteiger partial charge in [0.05, 0.1) is 23.4 Å². The highest BCUT2D eigenvalue weighted by Gasteiger charge is 2.21. The van der Waals surface area contributed by atoms with E-state index in [1.54, 1.807) is 12.1 Å². The van der Waals surface area contributed by atoms with Crippen molar-refractivity contribution in [3.8, 4) is 0 Å². The van der Waals surface area contributed by atoms with Crippen molar-refractivity contribution in [2.75, 3.05) is 16.0 Å². The number of nitrogens with zero attached hydrogens (tertiary/aromatic N) is 2. The number of hydrogen-bond acceptors (Lipinski definition) is 4. The number of anilines is 3. The third-order valence-electron chi connectivity index (χ3n) is 5.39. The van der Waals surface area contributed by atoms with E-state index >= 15 is 0 Å². The van der Waals surface area contributed by atoms with Gasteiger partial charge in [0, 0.05) is 11.1 Å². The van der Waals surface area contributed by atoms with Gasteiger partial charge in [-0.2, -0.15) is 0 Å². The van der Waals surface area contributed by atoms with E-state index in [2.05, 4.69) is 45.2 Å². The van der Waals surface area contributed by atoms with E-state index in [1.165, 1.54) is 17.3 Å². The van der Waals surface area contributed by atoms with Gasteiger partial charge in [-0.05, 0) is 66.4 Å². The number of pyridine rings is 2. The topological polar surface area (TPSA) is 78.9 Å². The van der Waals surface area contributed by atoms with Crippen LogP contribution < -0.4 is 16.0 Å². The molecular weight excluding hydrogens is 410 g/mol. The zero-order valence-electron chi connectivity index (χ0n) is 16.6.